The van der Waals surface area contributed by atoms with Crippen molar-refractivity contribution in [3.05, 3.63) is 18.6 Å². The van der Waals surface area contributed by atoms with E-state index in [9.17, 15) is 4.79 Å². The summed E-state index contributed by atoms with van der Waals surface area (Å²) < 4.78 is 1.53. The van der Waals surface area contributed by atoms with Gasteiger partial charge in [-0.15, -0.1) is 9.73 Å². The summed E-state index contributed by atoms with van der Waals surface area (Å²) in [6.45, 7) is -0.505. The molecule has 0 aliphatic carbocycles. The third-order valence-electron chi connectivity index (χ3n) is 1.52. The summed E-state index contributed by atoms with van der Waals surface area (Å²) >= 11 is 0. The second-order valence-corrected chi connectivity index (χ2v) is 2.62. The number of aliphatic hydroxyl groups is 1. The maximum atomic E-state index is 9.65. The number of aliphatic hydroxyl groups excluding tert-OH is 1. The number of aromatic nitrogens is 4. The number of fused-ring (bicyclic) bond motifs is 1. The number of aromatic amines is 1. The molecule has 0 bridgehead atoms. The molecule has 0 amide bonds. The van der Waals surface area contributed by atoms with Crippen LogP contribution >= 0.6 is 0 Å². The molecule has 0 aliphatic rings. The quantitative estimate of drug-likeness (QED) is 0.477. The van der Waals surface area contributed by atoms with Crippen LogP contribution in [0, 0.1) is 0 Å². The highest BCUT2D eigenvalue weighted by molar-refractivity contribution is 5.73. The number of carboxylic acids is 1. The molecule has 8 heteroatoms. The van der Waals surface area contributed by atoms with E-state index in [4.69, 9.17) is 15.9 Å². The summed E-state index contributed by atoms with van der Waals surface area (Å²) in [7, 11) is 0. The standard InChI is InChI=1S/C4H4N4.C3H7NO3/c1-2-6-8-4(1)5-3-7-8;4-2(1-5)3(6)7/h1-3H,(H,5,7);2,5H,1,4H2,(H,6,7)/t;2-/m.0/s1. The van der Waals surface area contributed by atoms with Crippen molar-refractivity contribution >= 4 is 11.6 Å². The van der Waals surface area contributed by atoms with Crippen molar-refractivity contribution < 1.29 is 15.0 Å². The molecule has 0 unspecified atom stereocenters. The van der Waals surface area contributed by atoms with Gasteiger partial charge in [-0.25, -0.2) is 0 Å². The van der Waals surface area contributed by atoms with Crippen LogP contribution in [0.3, 0.4) is 0 Å². The van der Waals surface area contributed by atoms with Crippen LogP contribution in [0.15, 0.2) is 18.6 Å². The number of carbonyl (C=O) groups is 1. The van der Waals surface area contributed by atoms with Crippen LogP contribution in [-0.4, -0.2) is 48.6 Å². The highest BCUT2D eigenvalue weighted by Gasteiger charge is 2.06. The molecular formula is C7H11N5O3. The normalized spacial score (nSPS) is 11.9. The van der Waals surface area contributed by atoms with Crippen molar-refractivity contribution in [2.75, 3.05) is 6.61 Å². The average Bonchev–Trinajstić information content (AvgIpc) is 2.78. The average molecular weight is 213 g/mol. The van der Waals surface area contributed by atoms with E-state index in [1.807, 2.05) is 6.07 Å². The summed E-state index contributed by atoms with van der Waals surface area (Å²) in [5.41, 5.74) is 5.69. The Hall–Kier alpha value is -1.93. The molecule has 0 aromatic carbocycles. The van der Waals surface area contributed by atoms with Crippen LogP contribution in [0.1, 0.15) is 0 Å². The van der Waals surface area contributed by atoms with Crippen molar-refractivity contribution in [1.82, 2.24) is 19.8 Å². The highest BCUT2D eigenvalue weighted by atomic mass is 16.4. The van der Waals surface area contributed by atoms with E-state index in [2.05, 4.69) is 15.2 Å². The van der Waals surface area contributed by atoms with Crippen LogP contribution in [0.5, 0.6) is 0 Å². The minimum absolute atomic E-state index is 0.505. The van der Waals surface area contributed by atoms with E-state index in [-0.39, 0.29) is 0 Å². The number of aliphatic carboxylic acids is 1. The van der Waals surface area contributed by atoms with Gasteiger partial charge in [0.25, 0.3) is 0 Å². The Morgan fingerprint density at radius 2 is 2.40 bits per heavy atom. The van der Waals surface area contributed by atoms with Crippen molar-refractivity contribution in [1.29, 1.82) is 0 Å². The minimum atomic E-state index is -1.18. The molecule has 0 radical (unpaired) electrons. The first kappa shape index (κ1) is 11.1. The molecule has 2 aromatic heterocycles. The summed E-state index contributed by atoms with van der Waals surface area (Å²) in [6, 6.07) is 0.729. The van der Waals surface area contributed by atoms with E-state index in [1.54, 1.807) is 12.5 Å². The Morgan fingerprint density at radius 3 is 2.87 bits per heavy atom. The van der Waals surface area contributed by atoms with Gasteiger partial charge in [0.2, 0.25) is 0 Å². The van der Waals surface area contributed by atoms with E-state index >= 15 is 0 Å². The number of hydrogen-bond donors (Lipinski definition) is 4. The molecule has 8 nitrogen and oxygen atoms in total. The summed E-state index contributed by atoms with van der Waals surface area (Å²) in [5, 5.41) is 23.6. The fourth-order valence-electron chi connectivity index (χ4n) is 0.722. The van der Waals surface area contributed by atoms with Crippen LogP contribution in [0.2, 0.25) is 0 Å². The molecule has 2 rings (SSSR count). The fourth-order valence-corrected chi connectivity index (χ4v) is 0.722. The van der Waals surface area contributed by atoms with Gasteiger partial charge in [-0.05, 0) is 0 Å². The van der Waals surface area contributed by atoms with Crippen molar-refractivity contribution in [2.45, 2.75) is 6.04 Å². The lowest BCUT2D eigenvalue weighted by Crippen LogP contribution is -2.33. The van der Waals surface area contributed by atoms with Gasteiger partial charge in [-0.1, -0.05) is 0 Å². The Balaban J connectivity index is 0.000000153. The Morgan fingerprint density at radius 1 is 1.67 bits per heavy atom. The second kappa shape index (κ2) is 5.08. The van der Waals surface area contributed by atoms with Gasteiger partial charge in [-0.2, -0.15) is 5.10 Å². The maximum Gasteiger partial charge on any atom is 0.322 e. The molecule has 2 heterocycles. The van der Waals surface area contributed by atoms with E-state index < -0.39 is 18.6 Å². The Labute approximate surface area is 84.3 Å². The molecule has 0 spiro atoms. The molecule has 2 aromatic rings. The zero-order chi connectivity index (χ0) is 11.3. The van der Waals surface area contributed by atoms with E-state index in [1.165, 1.54) is 4.63 Å². The first-order valence-corrected chi connectivity index (χ1v) is 4.07. The predicted molar refractivity (Wildman–Crippen MR) is 50.0 cm³/mol. The predicted octanol–water partition coefficient (Wildman–Crippen LogP) is -1.55. The molecule has 0 fully saturated rings. The summed E-state index contributed by atoms with van der Waals surface area (Å²) in [5.74, 6) is -1.18. The third-order valence-corrected chi connectivity index (χ3v) is 1.52. The molecule has 82 valence electrons. The van der Waals surface area contributed by atoms with Crippen LogP contribution < -0.4 is 5.73 Å². The van der Waals surface area contributed by atoms with Crippen LogP contribution in [-0.2, 0) is 4.79 Å². The number of rotatable bonds is 2. The van der Waals surface area contributed by atoms with Crippen LogP contribution in [0.4, 0.5) is 0 Å². The third kappa shape index (κ3) is 3.04. The monoisotopic (exact) mass is 213 g/mol. The molecule has 0 saturated heterocycles. The number of carboxylic acid groups (broad SMARTS) is 1. The fraction of sp³-hybridized carbons (Fsp3) is 0.286. The highest BCUT2D eigenvalue weighted by Crippen LogP contribution is 1.90. The molecule has 1 atom stereocenters. The lowest BCUT2D eigenvalue weighted by Gasteiger charge is -1.96. The molecule has 15 heavy (non-hydrogen) atoms. The number of nitrogens with two attached hydrogens (primary N) is 1. The molecule has 0 saturated carbocycles. The van der Waals surface area contributed by atoms with Crippen molar-refractivity contribution in [2.24, 2.45) is 5.73 Å². The van der Waals surface area contributed by atoms with Gasteiger partial charge in [0.1, 0.15) is 12.4 Å². The van der Waals surface area contributed by atoms with Crippen molar-refractivity contribution in [3.8, 4) is 0 Å². The number of hydrogen-bond acceptors (Lipinski definition) is 5. The van der Waals surface area contributed by atoms with Gasteiger partial charge < -0.3 is 20.9 Å². The lowest BCUT2D eigenvalue weighted by atomic mass is 10.3. The largest absolute Gasteiger partial charge is 0.480 e. The summed E-state index contributed by atoms with van der Waals surface area (Å²) in [6.07, 6.45) is 3.29. The Kier molecular flexibility index (Phi) is 3.77. The second-order valence-electron chi connectivity index (χ2n) is 2.62. The van der Waals surface area contributed by atoms with E-state index in [0.717, 1.165) is 5.65 Å². The molecule has 5 N–H and O–H groups in total. The van der Waals surface area contributed by atoms with Gasteiger partial charge in [0, 0.05) is 6.07 Å². The molecule has 0 aliphatic heterocycles. The van der Waals surface area contributed by atoms with Crippen LogP contribution in [0.25, 0.3) is 5.65 Å². The van der Waals surface area contributed by atoms with Gasteiger partial charge in [0.15, 0.2) is 5.65 Å². The Bertz CT molecular complexity index is 372. The van der Waals surface area contributed by atoms with Gasteiger partial charge >= 0.3 is 5.97 Å². The first-order valence-electron chi connectivity index (χ1n) is 4.07. The maximum absolute atomic E-state index is 9.65. The number of nitrogens with one attached hydrogen (secondary N) is 1. The van der Waals surface area contributed by atoms with Gasteiger partial charge in [0.05, 0.1) is 12.8 Å². The van der Waals surface area contributed by atoms with Gasteiger partial charge in [-0.3, -0.25) is 4.79 Å². The minimum Gasteiger partial charge on any atom is -0.480 e. The summed E-state index contributed by atoms with van der Waals surface area (Å²) in [4.78, 5) is 12.5. The lowest BCUT2D eigenvalue weighted by molar-refractivity contribution is -0.139. The van der Waals surface area contributed by atoms with E-state index in [0.29, 0.717) is 0 Å². The topological polar surface area (TPSA) is 130 Å². The number of nitrogens with zero attached hydrogens (tertiary/aromatic N) is 3. The first-order chi connectivity index (χ1) is 7.15. The molecular weight excluding hydrogens is 202 g/mol. The zero-order valence-corrected chi connectivity index (χ0v) is 7.74. The number of H-pyrrole nitrogens is 1. The van der Waals surface area contributed by atoms with Crippen molar-refractivity contribution in [3.63, 3.8) is 0 Å². The smallest absolute Gasteiger partial charge is 0.322 e. The zero-order valence-electron chi connectivity index (χ0n) is 7.74. The SMILES string of the molecule is N[C@@H](CO)C(=O)O.c1cc2[nH]cnn2n1.